The molecule has 0 fully saturated rings. The molecule has 1 aromatic heterocycles. The van der Waals surface area contributed by atoms with Crippen LogP contribution < -0.4 is 0 Å². The Labute approximate surface area is 120 Å². The van der Waals surface area contributed by atoms with Crippen molar-refractivity contribution in [3.8, 4) is 0 Å². The highest BCUT2D eigenvalue weighted by atomic mass is 19.1. The van der Waals surface area contributed by atoms with E-state index in [0.717, 1.165) is 0 Å². The fourth-order valence-corrected chi connectivity index (χ4v) is 1.62. The van der Waals surface area contributed by atoms with E-state index >= 15 is 0 Å². The number of esters is 1. The van der Waals surface area contributed by atoms with Crippen molar-refractivity contribution in [1.82, 2.24) is 9.97 Å². The highest BCUT2D eigenvalue weighted by Gasteiger charge is 2.21. The molecule has 0 spiro atoms. The Morgan fingerprint density at radius 3 is 2.38 bits per heavy atom. The van der Waals surface area contributed by atoms with Gasteiger partial charge in [0, 0.05) is 11.8 Å². The van der Waals surface area contributed by atoms with Crippen molar-refractivity contribution in [2.75, 3.05) is 0 Å². The number of nitrogens with zero attached hydrogens (tertiary/aromatic N) is 2. The lowest BCUT2D eigenvalue weighted by atomic mass is 10.1. The molecule has 108 valence electrons. The molecular formula is C15H13FN2O3. The molecule has 0 aliphatic heterocycles. The van der Waals surface area contributed by atoms with E-state index in [9.17, 15) is 14.0 Å². The maximum absolute atomic E-state index is 12.8. The topological polar surface area (TPSA) is 69.2 Å². The third-order valence-corrected chi connectivity index (χ3v) is 2.77. The first-order valence-electron chi connectivity index (χ1n) is 6.27. The lowest BCUT2D eigenvalue weighted by molar-refractivity contribution is 0.0312. The van der Waals surface area contributed by atoms with Crippen LogP contribution in [0.2, 0.25) is 0 Å². The number of carbonyl (C=O) groups is 2. The maximum Gasteiger partial charge on any atom is 0.359 e. The smallest absolute Gasteiger partial charge is 0.359 e. The summed E-state index contributed by atoms with van der Waals surface area (Å²) in [6, 6.07) is 5.03. The first-order valence-corrected chi connectivity index (χ1v) is 6.27. The molecule has 0 N–H and O–H groups in total. The molecule has 0 amide bonds. The summed E-state index contributed by atoms with van der Waals surface area (Å²) < 4.78 is 17.8. The summed E-state index contributed by atoms with van der Waals surface area (Å²) >= 11 is 0. The summed E-state index contributed by atoms with van der Waals surface area (Å²) in [6.45, 7) is 3.19. The minimum atomic E-state index is -0.994. The first kappa shape index (κ1) is 14.8. The normalized spacial score (nSPS) is 11.8. The predicted molar refractivity (Wildman–Crippen MR) is 72.4 cm³/mol. The third kappa shape index (κ3) is 3.68. The molecule has 0 saturated heterocycles. The average molecular weight is 288 g/mol. The largest absolute Gasteiger partial charge is 0.449 e. The van der Waals surface area contributed by atoms with Crippen molar-refractivity contribution in [1.29, 1.82) is 0 Å². The van der Waals surface area contributed by atoms with Crippen LogP contribution in [-0.2, 0) is 4.74 Å². The van der Waals surface area contributed by atoms with E-state index in [1.54, 1.807) is 6.92 Å². The molecule has 1 heterocycles. The van der Waals surface area contributed by atoms with E-state index in [1.807, 2.05) is 0 Å². The van der Waals surface area contributed by atoms with E-state index in [1.165, 1.54) is 43.6 Å². The summed E-state index contributed by atoms with van der Waals surface area (Å²) in [7, 11) is 0. The SMILES string of the molecule is Cc1cnc(C(=O)O[C@H](C)C(=O)c2ccc(F)cc2)cn1. The second kappa shape index (κ2) is 6.21. The van der Waals surface area contributed by atoms with Crippen LogP contribution >= 0.6 is 0 Å². The second-order valence-electron chi connectivity index (χ2n) is 4.46. The second-order valence-corrected chi connectivity index (χ2v) is 4.46. The lowest BCUT2D eigenvalue weighted by Crippen LogP contribution is -2.25. The van der Waals surface area contributed by atoms with Crippen molar-refractivity contribution < 1.29 is 18.7 Å². The van der Waals surface area contributed by atoms with Crippen molar-refractivity contribution in [2.24, 2.45) is 0 Å². The van der Waals surface area contributed by atoms with Gasteiger partial charge in [0.1, 0.15) is 5.82 Å². The minimum Gasteiger partial charge on any atom is -0.449 e. The van der Waals surface area contributed by atoms with Gasteiger partial charge >= 0.3 is 5.97 Å². The van der Waals surface area contributed by atoms with Crippen LogP contribution in [0.15, 0.2) is 36.7 Å². The number of ketones is 1. The monoisotopic (exact) mass is 288 g/mol. The highest BCUT2D eigenvalue weighted by molar-refractivity contribution is 6.01. The quantitative estimate of drug-likeness (QED) is 0.638. The molecule has 21 heavy (non-hydrogen) atoms. The van der Waals surface area contributed by atoms with E-state index in [4.69, 9.17) is 4.74 Å². The standard InChI is InChI=1S/C15H13FN2O3/c1-9-7-18-13(8-17-9)15(20)21-10(2)14(19)11-3-5-12(16)6-4-11/h3-8,10H,1-2H3/t10-/m1/s1. The fraction of sp³-hybridized carbons (Fsp3) is 0.200. The molecule has 0 unspecified atom stereocenters. The molecule has 2 rings (SSSR count). The van der Waals surface area contributed by atoms with Crippen molar-refractivity contribution in [3.63, 3.8) is 0 Å². The van der Waals surface area contributed by atoms with Gasteiger partial charge in [-0.05, 0) is 38.1 Å². The molecule has 6 heteroatoms. The minimum absolute atomic E-state index is 0.0272. The zero-order valence-corrected chi connectivity index (χ0v) is 11.5. The number of aryl methyl sites for hydroxylation is 1. The van der Waals surface area contributed by atoms with Crippen LogP contribution in [0.3, 0.4) is 0 Å². The van der Waals surface area contributed by atoms with E-state index in [2.05, 4.69) is 9.97 Å². The molecule has 0 aliphatic rings. The number of hydrogen-bond donors (Lipinski definition) is 0. The van der Waals surface area contributed by atoms with Crippen molar-refractivity contribution in [2.45, 2.75) is 20.0 Å². The molecule has 5 nitrogen and oxygen atoms in total. The van der Waals surface area contributed by atoms with Crippen LogP contribution in [0.4, 0.5) is 4.39 Å². The summed E-state index contributed by atoms with van der Waals surface area (Å²) in [6.07, 6.45) is 1.72. The van der Waals surface area contributed by atoms with E-state index in [0.29, 0.717) is 5.69 Å². The lowest BCUT2D eigenvalue weighted by Gasteiger charge is -2.11. The Hall–Kier alpha value is -2.63. The van der Waals surface area contributed by atoms with Crippen LogP contribution in [0.1, 0.15) is 33.5 Å². The number of benzene rings is 1. The van der Waals surface area contributed by atoms with Gasteiger partial charge in [-0.15, -0.1) is 0 Å². The Bertz CT molecular complexity index is 654. The number of ether oxygens (including phenoxy) is 1. The van der Waals surface area contributed by atoms with Gasteiger partial charge in [-0.25, -0.2) is 14.2 Å². The number of Topliss-reactive ketones (excluding diaryl/α,β-unsaturated/α-hetero) is 1. The Balaban J connectivity index is 2.05. The van der Waals surface area contributed by atoms with Crippen molar-refractivity contribution >= 4 is 11.8 Å². The number of rotatable bonds is 4. The molecular weight excluding hydrogens is 275 g/mol. The van der Waals surface area contributed by atoms with Gasteiger partial charge in [0.2, 0.25) is 5.78 Å². The Morgan fingerprint density at radius 2 is 1.81 bits per heavy atom. The van der Waals surface area contributed by atoms with Gasteiger partial charge < -0.3 is 4.74 Å². The molecule has 0 radical (unpaired) electrons. The number of carbonyl (C=O) groups excluding carboxylic acids is 2. The van der Waals surface area contributed by atoms with Crippen LogP contribution in [0.25, 0.3) is 0 Å². The molecule has 1 aromatic carbocycles. The predicted octanol–water partition coefficient (Wildman–Crippen LogP) is 2.35. The van der Waals surface area contributed by atoms with Crippen molar-refractivity contribution in [3.05, 3.63) is 59.4 Å². The van der Waals surface area contributed by atoms with Crippen LogP contribution in [0, 0.1) is 12.7 Å². The summed E-state index contributed by atoms with van der Waals surface area (Å²) in [5.41, 5.74) is 0.966. The van der Waals surface area contributed by atoms with Gasteiger partial charge in [-0.3, -0.25) is 9.78 Å². The summed E-state index contributed by atoms with van der Waals surface area (Å²) in [5, 5.41) is 0. The molecule has 1 atom stereocenters. The molecule has 0 bridgehead atoms. The molecule has 2 aromatic rings. The van der Waals surface area contributed by atoms with Gasteiger partial charge in [-0.2, -0.15) is 0 Å². The zero-order valence-electron chi connectivity index (χ0n) is 11.5. The van der Waals surface area contributed by atoms with Crippen LogP contribution in [0.5, 0.6) is 0 Å². The van der Waals surface area contributed by atoms with E-state index in [-0.39, 0.29) is 11.3 Å². The summed E-state index contributed by atoms with van der Waals surface area (Å²) in [5.74, 6) is -1.58. The number of halogens is 1. The third-order valence-electron chi connectivity index (χ3n) is 2.77. The number of hydrogen-bond acceptors (Lipinski definition) is 5. The Morgan fingerprint density at radius 1 is 1.14 bits per heavy atom. The van der Waals surface area contributed by atoms with Gasteiger partial charge in [0.25, 0.3) is 0 Å². The highest BCUT2D eigenvalue weighted by Crippen LogP contribution is 2.09. The van der Waals surface area contributed by atoms with Gasteiger partial charge in [0.05, 0.1) is 11.9 Å². The fourth-order valence-electron chi connectivity index (χ4n) is 1.62. The van der Waals surface area contributed by atoms with E-state index < -0.39 is 23.7 Å². The summed E-state index contributed by atoms with van der Waals surface area (Å²) in [4.78, 5) is 31.7. The number of aromatic nitrogens is 2. The molecule has 0 aliphatic carbocycles. The zero-order chi connectivity index (χ0) is 15.4. The van der Waals surface area contributed by atoms with Gasteiger partial charge in [-0.1, -0.05) is 0 Å². The average Bonchev–Trinajstić information content (AvgIpc) is 2.47. The Kier molecular flexibility index (Phi) is 4.37. The first-order chi connectivity index (χ1) is 9.97. The molecule has 0 saturated carbocycles. The van der Waals surface area contributed by atoms with Gasteiger partial charge in [0.15, 0.2) is 11.8 Å². The van der Waals surface area contributed by atoms with Crippen LogP contribution in [-0.4, -0.2) is 27.8 Å². The maximum atomic E-state index is 12.8.